The quantitative estimate of drug-likeness (QED) is 0.0617. The number of amides is 8. The number of nitrogens with zero attached hydrogens (tertiary/aromatic N) is 4. The number of aldehydes is 1. The van der Waals surface area contributed by atoms with E-state index in [2.05, 4.69) is 21.3 Å². The second-order valence-corrected chi connectivity index (χ2v) is 19.0. The second-order valence-electron chi connectivity index (χ2n) is 19.0. The number of fused-ring (bicyclic) bond motifs is 3. The van der Waals surface area contributed by atoms with Crippen molar-refractivity contribution in [2.45, 2.75) is 116 Å². The van der Waals surface area contributed by atoms with Crippen molar-refractivity contribution in [3.63, 3.8) is 0 Å². The van der Waals surface area contributed by atoms with Crippen LogP contribution in [0, 0.1) is 11.8 Å². The number of ether oxygens (including phenoxy) is 3. The van der Waals surface area contributed by atoms with Crippen LogP contribution in [-0.2, 0) is 57.4 Å². The van der Waals surface area contributed by atoms with Crippen molar-refractivity contribution in [3.8, 4) is 11.1 Å². The van der Waals surface area contributed by atoms with Gasteiger partial charge in [0.25, 0.3) is 0 Å². The molecule has 0 fully saturated rings. The van der Waals surface area contributed by atoms with Gasteiger partial charge in [-0.25, -0.2) is 9.59 Å². The minimum atomic E-state index is -1.57. The summed E-state index contributed by atoms with van der Waals surface area (Å²) in [6, 6.07) is 7.92. The Hall–Kier alpha value is -8.16. The van der Waals surface area contributed by atoms with Crippen LogP contribution in [0.15, 0.2) is 60.7 Å². The number of esters is 1. The van der Waals surface area contributed by atoms with Crippen molar-refractivity contribution >= 4 is 60.7 Å². The zero-order valence-electron chi connectivity index (χ0n) is 44.2. The standard InChI is InChI=1S/C44H58N6O10.C8H15N2O3.Fm/c1-26(2)37(22-51)49(8)42(56)36-21-15-14-20-35(47(6)25-52)41(55)50(9)38(27(3)4)43(57)59-24-34(39(53)45-28(5)40(54)48(36)7)46-44(58)60-23-33-31-18-12-10-16-29(31)30-17-11-13-19-32(30)33;1-6(2)10-8(12)7(4-13-3)9-5-11;/h10-19,22,25-28,33-38H,20-21,23-24H2,1-9H3,(H,45,53)(H,46,58);6-7H,4H2,1-3H3,(H,9,11)(H,10,12);/q;-1;/b15-14-;;/t28?,34?,35-,36-,37?,38?;;/m0../s1. The third-order valence-corrected chi connectivity index (χ3v) is 12.6. The van der Waals surface area contributed by atoms with E-state index in [9.17, 15) is 47.9 Å². The van der Waals surface area contributed by atoms with Gasteiger partial charge in [0.05, 0.1) is 12.6 Å². The van der Waals surface area contributed by atoms with Crippen molar-refractivity contribution in [3.05, 3.63) is 71.8 Å². The third-order valence-electron chi connectivity index (χ3n) is 12.6. The summed E-state index contributed by atoms with van der Waals surface area (Å²) < 4.78 is 16.1. The fourth-order valence-corrected chi connectivity index (χ4v) is 8.57. The number of benzene rings is 2. The number of methoxy groups -OCH3 is 1. The first-order valence-electron chi connectivity index (χ1n) is 24.1. The van der Waals surface area contributed by atoms with Gasteiger partial charge in [-0.15, -0.1) is 0 Å². The average Bonchev–Trinajstić information content (AvgIpc) is 3.67. The Balaban J connectivity index is 0.00000117. The van der Waals surface area contributed by atoms with Crippen LogP contribution >= 0.6 is 0 Å². The molecular weight excluding hydrogens is 1200 g/mol. The number of cyclic esters (lactones) is 1. The van der Waals surface area contributed by atoms with Crippen LogP contribution < -0.4 is 21.3 Å². The average molecular weight is 1280 g/mol. The maximum atomic E-state index is 14.0. The first-order chi connectivity index (χ1) is 34.6. The Morgan fingerprint density at radius 1 is 0.892 bits per heavy atom. The molecule has 1 aliphatic heterocycles. The van der Waals surface area contributed by atoms with Crippen molar-refractivity contribution in [1.29, 1.82) is 0 Å². The monoisotopic (exact) mass is 1270 g/mol. The van der Waals surface area contributed by atoms with E-state index in [4.69, 9.17) is 14.2 Å². The molecule has 22 heteroatoms. The summed E-state index contributed by atoms with van der Waals surface area (Å²) in [5.74, 6) is -4.87. The molecule has 0 aromatic heterocycles. The number of carbonyl (C=O) groups excluding carboxylic acids is 10. The predicted molar refractivity (Wildman–Crippen MR) is 270 cm³/mol. The molecule has 0 saturated carbocycles. The number of likely N-dealkylation sites (N-methyl/N-ethyl adjacent to an activating group) is 4. The molecule has 412 valence electrons. The molecule has 4 rings (SSSR count). The predicted octanol–water partition coefficient (Wildman–Crippen LogP) is 1.92. The van der Waals surface area contributed by atoms with Gasteiger partial charge in [0.1, 0.15) is 55.8 Å². The van der Waals surface area contributed by atoms with Crippen LogP contribution in [0.25, 0.3) is 11.1 Å². The summed E-state index contributed by atoms with van der Waals surface area (Å²) in [6.45, 7) is 11.4. The van der Waals surface area contributed by atoms with E-state index in [1.807, 2.05) is 62.4 Å². The largest absolute Gasteiger partial charge is 0.520 e. The molecule has 74 heavy (non-hydrogen) atoms. The van der Waals surface area contributed by atoms with E-state index in [1.54, 1.807) is 39.8 Å². The molecule has 0 saturated heterocycles. The molecule has 2 aromatic rings. The van der Waals surface area contributed by atoms with Gasteiger partial charge in [0, 0.05) is 47.3 Å². The van der Waals surface area contributed by atoms with Crippen LogP contribution in [-0.4, -0.2) is 184 Å². The fourth-order valence-electron chi connectivity index (χ4n) is 8.57. The Morgan fingerprint density at radius 3 is 1.99 bits per heavy atom. The fraction of sp³-hybridized carbons (Fsp3) is 0.538. The second kappa shape index (κ2) is 29.4. The third kappa shape index (κ3) is 16.2. The van der Waals surface area contributed by atoms with Gasteiger partial charge in [-0.05, 0) is 67.7 Å². The summed E-state index contributed by atoms with van der Waals surface area (Å²) in [7, 11) is 7.15. The molecule has 1 aliphatic carbocycles. The minimum absolute atomic E-state index is 0. The summed E-state index contributed by atoms with van der Waals surface area (Å²) >= 11 is 0. The Bertz CT molecular complexity index is 2250. The SMILES string of the molecule is CC1NC(=O)C(NC(=O)OCC2c3ccccc3-c3ccccc32)COC(=O)C(C(C)C)N(C)C(=O)[C@@H](N(C)C=O)C/C=C\C[C@@H](C(=O)N(C)C(C=O)C(C)C)N(C)C1=O.COCC(N[C-]=O)C(=O)NC(C)C.[Fm]. The molecule has 0 radical (unpaired) electrons. The number of alkyl carbamates (subject to hydrolysis) is 1. The molecule has 1 heterocycles. The number of carbonyl (C=O) groups is 9. The van der Waals surface area contributed by atoms with Crippen molar-refractivity contribution in [1.82, 2.24) is 40.9 Å². The van der Waals surface area contributed by atoms with Crippen LogP contribution in [0.1, 0.15) is 78.4 Å². The van der Waals surface area contributed by atoms with Gasteiger partial charge in [-0.3, -0.25) is 28.8 Å². The molecule has 0 bridgehead atoms. The summed E-state index contributed by atoms with van der Waals surface area (Å²) in [5.41, 5.74) is 3.97. The van der Waals surface area contributed by atoms with Crippen LogP contribution in [0.4, 0.5) is 4.79 Å². The molecule has 2 aromatic carbocycles. The van der Waals surface area contributed by atoms with Crippen LogP contribution in [0.3, 0.4) is 0 Å². The van der Waals surface area contributed by atoms with E-state index in [-0.39, 0.29) is 49.8 Å². The molecule has 2 aliphatic rings. The van der Waals surface area contributed by atoms with Gasteiger partial charge in [0.2, 0.25) is 35.9 Å². The molecule has 8 amide bonds. The summed E-state index contributed by atoms with van der Waals surface area (Å²) in [5, 5.41) is 9.97. The number of hydrogen-bond donors (Lipinski definition) is 4. The van der Waals surface area contributed by atoms with Gasteiger partial charge < -0.3 is 64.7 Å². The zero-order valence-corrected chi connectivity index (χ0v) is 46.6. The molecule has 0 spiro atoms. The van der Waals surface area contributed by atoms with Crippen molar-refractivity contribution < 1.29 is 62.2 Å². The van der Waals surface area contributed by atoms with Crippen molar-refractivity contribution in [2.75, 3.05) is 55.1 Å². The van der Waals surface area contributed by atoms with E-state index >= 15 is 0 Å². The van der Waals surface area contributed by atoms with Gasteiger partial charge in [0.15, 0.2) is 0 Å². The van der Waals surface area contributed by atoms with Gasteiger partial charge in [-0.2, -0.15) is 6.41 Å². The Morgan fingerprint density at radius 2 is 1.47 bits per heavy atom. The van der Waals surface area contributed by atoms with E-state index in [0.29, 0.717) is 12.7 Å². The maximum absolute atomic E-state index is 14.0. The smallest absolute Gasteiger partial charge is 0.407 e. The minimum Gasteiger partial charge on any atom is -0.520 e. The first kappa shape index (κ1) is 62.0. The van der Waals surface area contributed by atoms with Gasteiger partial charge >= 0.3 is 12.1 Å². The topological polar surface area (TPSA) is 259 Å². The van der Waals surface area contributed by atoms with E-state index in [1.165, 1.54) is 58.4 Å². The van der Waals surface area contributed by atoms with E-state index < -0.39 is 90.5 Å². The number of hydrogen-bond acceptors (Lipinski definition) is 13. The van der Waals surface area contributed by atoms with Gasteiger partial charge in [-0.1, -0.05) is 88.4 Å². The molecule has 4 N–H and O–H groups in total. The molecular formula is C52H73FmN8O13-. The Kier molecular flexibility index (Phi) is 24.6. The summed E-state index contributed by atoms with van der Waals surface area (Å²) in [4.78, 5) is 133. The van der Waals surface area contributed by atoms with E-state index in [0.717, 1.165) is 32.1 Å². The number of rotatable bonds is 16. The van der Waals surface area contributed by atoms with Crippen LogP contribution in [0.2, 0.25) is 0 Å². The zero-order chi connectivity index (χ0) is 54.7. The van der Waals surface area contributed by atoms with Crippen molar-refractivity contribution in [2.24, 2.45) is 11.8 Å². The molecule has 5 unspecified atom stereocenters. The normalized spacial score (nSPS) is 20.8. The summed E-state index contributed by atoms with van der Waals surface area (Å²) in [6.07, 6.45) is 4.76. The molecule has 7 atom stereocenters. The first-order valence-corrected chi connectivity index (χ1v) is 24.1. The van der Waals surface area contributed by atoms with Crippen LogP contribution in [0.5, 0.6) is 0 Å². The Labute approximate surface area is 428 Å². The number of nitrogens with one attached hydrogen (secondary N) is 4. The maximum Gasteiger partial charge on any atom is 0.407 e. The molecule has 21 nitrogen and oxygen atoms in total.